The van der Waals surface area contributed by atoms with Crippen LogP contribution in [-0.2, 0) is 4.79 Å². The molecule has 0 aromatic carbocycles. The Bertz CT molecular complexity index is 232. The lowest BCUT2D eigenvalue weighted by atomic mass is 9.77. The van der Waals surface area contributed by atoms with E-state index in [4.69, 9.17) is 5.73 Å². The fourth-order valence-corrected chi connectivity index (χ4v) is 2.79. The highest BCUT2D eigenvalue weighted by atomic mass is 16.2. The third-order valence-electron chi connectivity index (χ3n) is 3.57. The Hall–Kier alpha value is -0.570. The number of nitrogens with one attached hydrogen (secondary N) is 1. The summed E-state index contributed by atoms with van der Waals surface area (Å²) in [5.74, 6) is 0.814. The van der Waals surface area contributed by atoms with Gasteiger partial charge in [0.1, 0.15) is 0 Å². The number of amides is 1. The average molecular weight is 226 g/mol. The quantitative estimate of drug-likeness (QED) is 0.754. The maximum atomic E-state index is 12.3. The van der Waals surface area contributed by atoms with Gasteiger partial charge in [0, 0.05) is 18.0 Å². The van der Waals surface area contributed by atoms with E-state index >= 15 is 0 Å². The van der Waals surface area contributed by atoms with E-state index in [0.29, 0.717) is 12.5 Å². The monoisotopic (exact) mass is 226 g/mol. The zero-order valence-electron chi connectivity index (χ0n) is 10.9. The van der Waals surface area contributed by atoms with Crippen molar-refractivity contribution < 1.29 is 4.79 Å². The van der Waals surface area contributed by atoms with Crippen molar-refractivity contribution in [3.63, 3.8) is 0 Å². The first-order valence-electron chi connectivity index (χ1n) is 6.51. The van der Waals surface area contributed by atoms with Gasteiger partial charge >= 0.3 is 0 Å². The molecule has 0 bridgehead atoms. The van der Waals surface area contributed by atoms with Crippen molar-refractivity contribution in [1.82, 2.24) is 5.32 Å². The molecule has 0 aliphatic heterocycles. The summed E-state index contributed by atoms with van der Waals surface area (Å²) in [6, 6.07) is 0.0946. The lowest BCUT2D eigenvalue weighted by Crippen LogP contribution is -2.46. The van der Waals surface area contributed by atoms with Crippen molar-refractivity contribution >= 4 is 5.91 Å². The average Bonchev–Trinajstić information content (AvgIpc) is 2.66. The number of carbonyl (C=O) groups is 1. The molecule has 1 unspecified atom stereocenters. The van der Waals surface area contributed by atoms with Crippen molar-refractivity contribution in [3.8, 4) is 0 Å². The van der Waals surface area contributed by atoms with Gasteiger partial charge in [-0.3, -0.25) is 4.79 Å². The van der Waals surface area contributed by atoms with Crippen LogP contribution < -0.4 is 11.1 Å². The first kappa shape index (κ1) is 13.5. The van der Waals surface area contributed by atoms with E-state index in [2.05, 4.69) is 19.2 Å². The van der Waals surface area contributed by atoms with Crippen molar-refractivity contribution in [2.24, 2.45) is 17.1 Å². The van der Waals surface area contributed by atoms with Crippen LogP contribution in [0.2, 0.25) is 0 Å². The van der Waals surface area contributed by atoms with Crippen LogP contribution >= 0.6 is 0 Å². The second kappa shape index (κ2) is 5.67. The summed E-state index contributed by atoms with van der Waals surface area (Å²) in [6.45, 7) is 6.87. The number of hydrogen-bond donors (Lipinski definition) is 2. The minimum absolute atomic E-state index is 0.0946. The molecular weight excluding hydrogens is 200 g/mol. The van der Waals surface area contributed by atoms with Crippen LogP contribution in [0.3, 0.4) is 0 Å². The Kier molecular flexibility index (Phi) is 4.78. The van der Waals surface area contributed by atoms with Gasteiger partial charge in [0.2, 0.25) is 5.91 Å². The van der Waals surface area contributed by atoms with Gasteiger partial charge in [-0.2, -0.15) is 0 Å². The molecule has 0 radical (unpaired) electrons. The fraction of sp³-hybridized carbons (Fsp3) is 0.923. The molecule has 3 nitrogen and oxygen atoms in total. The molecule has 1 aliphatic rings. The largest absolute Gasteiger partial charge is 0.352 e. The molecule has 1 saturated carbocycles. The van der Waals surface area contributed by atoms with E-state index in [1.54, 1.807) is 0 Å². The van der Waals surface area contributed by atoms with Crippen LogP contribution in [0.15, 0.2) is 0 Å². The number of carbonyl (C=O) groups excluding carboxylic acids is 1. The van der Waals surface area contributed by atoms with E-state index in [1.807, 2.05) is 6.92 Å². The van der Waals surface area contributed by atoms with Crippen molar-refractivity contribution in [2.75, 3.05) is 6.54 Å². The normalized spacial score (nSPS) is 21.1. The highest BCUT2D eigenvalue weighted by Gasteiger charge is 2.41. The molecule has 1 atom stereocenters. The Morgan fingerprint density at radius 2 is 1.88 bits per heavy atom. The summed E-state index contributed by atoms with van der Waals surface area (Å²) in [5.41, 5.74) is 5.45. The van der Waals surface area contributed by atoms with Gasteiger partial charge < -0.3 is 11.1 Å². The smallest absolute Gasteiger partial charge is 0.226 e. The second-order valence-electron chi connectivity index (χ2n) is 5.70. The van der Waals surface area contributed by atoms with Gasteiger partial charge in [-0.25, -0.2) is 0 Å². The molecule has 0 heterocycles. The van der Waals surface area contributed by atoms with E-state index in [9.17, 15) is 4.79 Å². The summed E-state index contributed by atoms with van der Waals surface area (Å²) in [7, 11) is 0. The van der Waals surface area contributed by atoms with E-state index in [1.165, 1.54) is 12.8 Å². The standard InChI is InChI=1S/C13H26N2O/c1-10(2)8-13(6-4-5-7-13)12(16)15-11(3)9-14/h10-11H,4-9,14H2,1-3H3,(H,15,16). The van der Waals surface area contributed by atoms with E-state index in [-0.39, 0.29) is 17.4 Å². The summed E-state index contributed by atoms with van der Waals surface area (Å²) in [4.78, 5) is 12.3. The molecule has 0 spiro atoms. The summed E-state index contributed by atoms with van der Waals surface area (Å²) in [6.07, 6.45) is 5.49. The summed E-state index contributed by atoms with van der Waals surface area (Å²) >= 11 is 0. The van der Waals surface area contributed by atoms with Gasteiger partial charge in [-0.15, -0.1) is 0 Å². The Labute approximate surface area is 99.2 Å². The number of nitrogens with two attached hydrogens (primary N) is 1. The molecule has 1 aliphatic carbocycles. The predicted octanol–water partition coefficient (Wildman–Crippen LogP) is 2.06. The third kappa shape index (κ3) is 3.21. The predicted molar refractivity (Wildman–Crippen MR) is 67.0 cm³/mol. The van der Waals surface area contributed by atoms with E-state index < -0.39 is 0 Å². The molecule has 0 saturated heterocycles. The molecule has 3 N–H and O–H groups in total. The minimum Gasteiger partial charge on any atom is -0.352 e. The topological polar surface area (TPSA) is 55.1 Å². The Morgan fingerprint density at radius 3 is 2.31 bits per heavy atom. The summed E-state index contributed by atoms with van der Waals surface area (Å²) in [5, 5.41) is 3.05. The molecule has 0 aromatic heterocycles. The first-order chi connectivity index (χ1) is 7.50. The van der Waals surface area contributed by atoms with Crippen LogP contribution in [0, 0.1) is 11.3 Å². The van der Waals surface area contributed by atoms with Crippen LogP contribution in [0.25, 0.3) is 0 Å². The maximum Gasteiger partial charge on any atom is 0.226 e. The summed E-state index contributed by atoms with van der Waals surface area (Å²) < 4.78 is 0. The van der Waals surface area contributed by atoms with Crippen molar-refractivity contribution in [3.05, 3.63) is 0 Å². The zero-order chi connectivity index (χ0) is 12.2. The van der Waals surface area contributed by atoms with Crippen LogP contribution in [0.4, 0.5) is 0 Å². The Balaban J connectivity index is 2.65. The minimum atomic E-state index is -0.0996. The third-order valence-corrected chi connectivity index (χ3v) is 3.57. The zero-order valence-corrected chi connectivity index (χ0v) is 10.9. The molecule has 1 fully saturated rings. The van der Waals surface area contributed by atoms with Crippen LogP contribution in [0.1, 0.15) is 52.9 Å². The van der Waals surface area contributed by atoms with Crippen LogP contribution in [0.5, 0.6) is 0 Å². The lowest BCUT2D eigenvalue weighted by Gasteiger charge is -2.30. The lowest BCUT2D eigenvalue weighted by molar-refractivity contribution is -0.132. The van der Waals surface area contributed by atoms with Crippen LogP contribution in [-0.4, -0.2) is 18.5 Å². The van der Waals surface area contributed by atoms with Gasteiger partial charge in [0.25, 0.3) is 0 Å². The molecule has 3 heteroatoms. The highest BCUT2D eigenvalue weighted by Crippen LogP contribution is 2.43. The number of rotatable bonds is 5. The van der Waals surface area contributed by atoms with Gasteiger partial charge in [-0.1, -0.05) is 26.7 Å². The van der Waals surface area contributed by atoms with Gasteiger partial charge in [0.15, 0.2) is 0 Å². The molecular formula is C13H26N2O. The molecule has 1 amide bonds. The van der Waals surface area contributed by atoms with E-state index in [0.717, 1.165) is 19.3 Å². The van der Waals surface area contributed by atoms with Gasteiger partial charge in [0.05, 0.1) is 0 Å². The molecule has 94 valence electrons. The number of hydrogen-bond acceptors (Lipinski definition) is 2. The molecule has 16 heavy (non-hydrogen) atoms. The fourth-order valence-electron chi connectivity index (χ4n) is 2.79. The van der Waals surface area contributed by atoms with Crippen molar-refractivity contribution in [2.45, 2.75) is 58.9 Å². The SMILES string of the molecule is CC(C)CC1(C(=O)NC(C)CN)CCCC1. The highest BCUT2D eigenvalue weighted by molar-refractivity contribution is 5.83. The van der Waals surface area contributed by atoms with Crippen molar-refractivity contribution in [1.29, 1.82) is 0 Å². The van der Waals surface area contributed by atoms with Gasteiger partial charge in [-0.05, 0) is 32.1 Å². The first-order valence-corrected chi connectivity index (χ1v) is 6.51. The second-order valence-corrected chi connectivity index (χ2v) is 5.70. The molecule has 0 aromatic rings. The molecule has 1 rings (SSSR count). The maximum absolute atomic E-state index is 12.3. The Morgan fingerprint density at radius 1 is 1.31 bits per heavy atom.